The monoisotopic (exact) mass is 965 g/mol. The predicted octanol–water partition coefficient (Wildman–Crippen LogP) is 4.54. The van der Waals surface area contributed by atoms with Gasteiger partial charge in [0.25, 0.3) is 0 Å². The van der Waals surface area contributed by atoms with Crippen molar-refractivity contribution in [3.05, 3.63) is 89.5 Å². The number of nitrogens with one attached hydrogen (secondary N) is 3. The third-order valence-corrected chi connectivity index (χ3v) is 9.48. The molecule has 0 bridgehead atoms. The molecule has 378 valence electrons. The average molecular weight is 966 g/mol. The van der Waals surface area contributed by atoms with E-state index in [4.69, 9.17) is 9.47 Å². The highest BCUT2D eigenvalue weighted by Crippen LogP contribution is 2.17. The van der Waals surface area contributed by atoms with Crippen LogP contribution < -0.4 is 25.4 Å². The Bertz CT molecular complexity index is 2020. The first-order valence-corrected chi connectivity index (χ1v) is 22.2. The topological polar surface area (TPSA) is 276 Å². The number of amides is 3. The van der Waals surface area contributed by atoms with Crippen LogP contribution in [0.15, 0.2) is 72.8 Å². The van der Waals surface area contributed by atoms with Crippen molar-refractivity contribution in [2.24, 2.45) is 0 Å². The number of ketones is 2. The Balaban J connectivity index is 0.000000519. The highest BCUT2D eigenvalue weighted by molar-refractivity contribution is 5.90. The Hall–Kier alpha value is -7.31. The number of rotatable bonds is 25. The molecule has 0 fully saturated rings. The van der Waals surface area contributed by atoms with Crippen molar-refractivity contribution in [2.45, 2.75) is 130 Å². The van der Waals surface area contributed by atoms with E-state index in [0.717, 1.165) is 22.4 Å². The molecule has 3 rings (SSSR count). The van der Waals surface area contributed by atoms with Crippen molar-refractivity contribution in [2.75, 3.05) is 21.3 Å². The van der Waals surface area contributed by atoms with Crippen LogP contribution in [-0.4, -0.2) is 115 Å². The van der Waals surface area contributed by atoms with E-state index in [1.54, 1.807) is 36.4 Å². The molecule has 3 atom stereocenters. The predicted molar refractivity (Wildman–Crippen MR) is 252 cm³/mol. The number of carboxylic acid groups (broad SMARTS) is 1. The van der Waals surface area contributed by atoms with Crippen molar-refractivity contribution in [3.8, 4) is 17.2 Å². The second-order valence-electron chi connectivity index (χ2n) is 16.0. The first-order valence-electron chi connectivity index (χ1n) is 22.2. The summed E-state index contributed by atoms with van der Waals surface area (Å²) in [4.78, 5) is 103. The molecule has 5 N–H and O–H groups in total. The molecule has 3 unspecified atom stereocenters. The van der Waals surface area contributed by atoms with Gasteiger partial charge in [0.15, 0.2) is 11.6 Å². The number of benzene rings is 3. The van der Waals surface area contributed by atoms with Gasteiger partial charge in [-0.3, -0.25) is 38.4 Å². The molecule has 0 aliphatic carbocycles. The number of hydrogen-bond donors (Lipinski definition) is 5. The van der Waals surface area contributed by atoms with E-state index < -0.39 is 47.9 Å². The maximum atomic E-state index is 11.9. The summed E-state index contributed by atoms with van der Waals surface area (Å²) in [6.45, 7) is 10.6. The maximum absolute atomic E-state index is 11.9. The molecule has 0 saturated heterocycles. The zero-order valence-corrected chi connectivity index (χ0v) is 40.8. The van der Waals surface area contributed by atoms with Gasteiger partial charge in [-0.2, -0.15) is 0 Å². The fourth-order valence-corrected chi connectivity index (χ4v) is 5.84. The average Bonchev–Trinajstić information content (AvgIpc) is 3.30. The third kappa shape index (κ3) is 27.2. The zero-order valence-electron chi connectivity index (χ0n) is 40.8. The third-order valence-electron chi connectivity index (χ3n) is 9.48. The van der Waals surface area contributed by atoms with Crippen LogP contribution in [0.4, 0.5) is 0 Å². The number of phenolic OH excluding ortho intramolecular Hbond substituents is 1. The molecule has 19 nitrogen and oxygen atoms in total. The van der Waals surface area contributed by atoms with Crippen LogP contribution in [0.25, 0.3) is 0 Å². The van der Waals surface area contributed by atoms with Crippen molar-refractivity contribution in [1.82, 2.24) is 16.0 Å². The number of carbonyl (C=O) groups is 9. The van der Waals surface area contributed by atoms with Crippen LogP contribution in [0.5, 0.6) is 17.2 Å². The van der Waals surface area contributed by atoms with Crippen LogP contribution in [0.3, 0.4) is 0 Å². The van der Waals surface area contributed by atoms with E-state index >= 15 is 0 Å². The van der Waals surface area contributed by atoms with Gasteiger partial charge >= 0.3 is 23.9 Å². The Morgan fingerprint density at radius 3 is 0.986 bits per heavy atom. The molecule has 19 heteroatoms. The van der Waals surface area contributed by atoms with E-state index in [1.165, 1.54) is 47.3 Å². The van der Waals surface area contributed by atoms with Crippen LogP contribution >= 0.6 is 0 Å². The van der Waals surface area contributed by atoms with Crippen LogP contribution in [0.2, 0.25) is 0 Å². The zero-order chi connectivity index (χ0) is 52.1. The van der Waals surface area contributed by atoms with Gasteiger partial charge in [0, 0.05) is 25.7 Å². The fourth-order valence-electron chi connectivity index (χ4n) is 5.84. The summed E-state index contributed by atoms with van der Waals surface area (Å²) < 4.78 is 24.5. The summed E-state index contributed by atoms with van der Waals surface area (Å²) in [6, 6.07) is 18.5. The molecule has 0 heterocycles. The molecule has 3 aromatic rings. The van der Waals surface area contributed by atoms with Crippen molar-refractivity contribution in [1.29, 1.82) is 0 Å². The summed E-state index contributed by atoms with van der Waals surface area (Å²) >= 11 is 0. The molecule has 3 aromatic carbocycles. The number of ether oxygens (including phenoxy) is 5. The summed E-state index contributed by atoms with van der Waals surface area (Å²) in [5, 5.41) is 26.1. The number of hydrogen-bond acceptors (Lipinski definition) is 15. The molecule has 3 amide bonds. The molecule has 0 aromatic heterocycles. The minimum Gasteiger partial charge on any atom is -0.508 e. The smallest absolute Gasteiger partial charge is 0.326 e. The number of carboxylic acids is 1. The molecule has 0 radical (unpaired) electrons. The Morgan fingerprint density at radius 2 is 0.725 bits per heavy atom. The summed E-state index contributed by atoms with van der Waals surface area (Å²) in [7, 11) is 3.75. The van der Waals surface area contributed by atoms with Crippen LogP contribution in [0, 0.1) is 0 Å². The second kappa shape index (κ2) is 32.4. The number of carbonyl (C=O) groups excluding carboxylic acids is 8. The number of esters is 3. The SMILES string of the molecule is COC(=O)CCC(=O)NC(Cc1ccc(O)cc1)C(C)=O.COC(=O)CCC(=O)NC(Cc1ccc(OC(C)C)cc1)C(=O)O.COC(=O)CCC(=O)NC(Cc1ccc(OC(C)C)cc1)C(C)=O. The lowest BCUT2D eigenvalue weighted by molar-refractivity contribution is -0.143. The molecule has 0 aliphatic rings. The minimum atomic E-state index is -1.14. The van der Waals surface area contributed by atoms with E-state index in [2.05, 4.69) is 30.2 Å². The minimum absolute atomic E-state index is 0.00236. The normalized spacial score (nSPS) is 11.6. The van der Waals surface area contributed by atoms with Crippen molar-refractivity contribution in [3.63, 3.8) is 0 Å². The van der Waals surface area contributed by atoms with Gasteiger partial charge in [0.1, 0.15) is 23.3 Å². The van der Waals surface area contributed by atoms with Gasteiger partial charge in [-0.1, -0.05) is 36.4 Å². The van der Waals surface area contributed by atoms with E-state index in [9.17, 15) is 53.4 Å². The standard InChI is InChI=1S/C18H25NO5.C17H23NO6.C15H19NO5/c1-12(2)24-15-7-5-14(6-8-15)11-16(13(3)20)19-17(21)9-10-18(22)23-4;1-11(2)24-13-6-4-12(5-7-13)10-14(17(21)22)18-15(19)8-9-16(20)23-3;1-10(17)13(9-11-3-5-12(18)6-4-11)16-14(19)7-8-15(20)21-2/h5-8,12,16H,9-11H2,1-4H3,(H,19,21);4-7,11,14H,8-10H2,1-3H3,(H,18,19)(H,21,22);3-6,13,18H,7-9H2,1-2H3,(H,16,19). The number of Topliss-reactive ketones (excluding diaryl/α,β-unsaturated/α-hetero) is 2. The van der Waals surface area contributed by atoms with Crippen molar-refractivity contribution < 1.29 is 77.0 Å². The van der Waals surface area contributed by atoms with Gasteiger partial charge in [0.05, 0.1) is 64.9 Å². The van der Waals surface area contributed by atoms with Crippen LogP contribution in [-0.2, 0) is 76.6 Å². The van der Waals surface area contributed by atoms with E-state index in [1.807, 2.05) is 52.0 Å². The first-order chi connectivity index (χ1) is 32.5. The number of phenols is 1. The molecule has 69 heavy (non-hydrogen) atoms. The Morgan fingerprint density at radius 1 is 0.449 bits per heavy atom. The molecular weight excluding hydrogens is 899 g/mol. The van der Waals surface area contributed by atoms with Crippen LogP contribution in [0.1, 0.15) is 96.8 Å². The summed E-state index contributed by atoms with van der Waals surface area (Å²) in [5.74, 6) is -2.51. The molecule has 0 spiro atoms. The Labute approximate surface area is 402 Å². The van der Waals surface area contributed by atoms with Gasteiger partial charge in [-0.05, 0) is 107 Å². The quantitative estimate of drug-likeness (QED) is 0.0576. The molecular formula is C50H67N3O16. The molecule has 0 aliphatic heterocycles. The lowest BCUT2D eigenvalue weighted by Crippen LogP contribution is -2.42. The van der Waals surface area contributed by atoms with Gasteiger partial charge in [-0.25, -0.2) is 4.79 Å². The van der Waals surface area contributed by atoms with Gasteiger partial charge in [-0.15, -0.1) is 0 Å². The largest absolute Gasteiger partial charge is 0.508 e. The maximum Gasteiger partial charge on any atom is 0.326 e. The lowest BCUT2D eigenvalue weighted by atomic mass is 10.0. The van der Waals surface area contributed by atoms with Gasteiger partial charge < -0.3 is 49.8 Å². The summed E-state index contributed by atoms with van der Waals surface area (Å²) in [5.41, 5.74) is 2.49. The molecule has 0 saturated carbocycles. The van der Waals surface area contributed by atoms with E-state index in [0.29, 0.717) is 18.6 Å². The Kier molecular flexibility index (Phi) is 28.0. The lowest BCUT2D eigenvalue weighted by Gasteiger charge is -2.16. The highest BCUT2D eigenvalue weighted by atomic mass is 16.5. The fraction of sp³-hybridized carbons (Fsp3) is 0.460. The summed E-state index contributed by atoms with van der Waals surface area (Å²) in [6.07, 6.45) is 0.756. The first kappa shape index (κ1) is 59.7. The number of aliphatic carboxylic acids is 1. The van der Waals surface area contributed by atoms with E-state index in [-0.39, 0.29) is 86.3 Å². The highest BCUT2D eigenvalue weighted by Gasteiger charge is 2.22. The van der Waals surface area contributed by atoms with Gasteiger partial charge in [0.2, 0.25) is 17.7 Å². The van der Waals surface area contributed by atoms with Crippen molar-refractivity contribution >= 4 is 53.2 Å². The number of methoxy groups -OCH3 is 3. The second-order valence-corrected chi connectivity index (χ2v) is 16.0. The number of aromatic hydroxyl groups is 1.